The number of nitrogens with zero attached hydrogens (tertiary/aromatic N) is 3. The minimum absolute atomic E-state index is 0.0162. The van der Waals surface area contributed by atoms with Crippen LogP contribution in [0.5, 0.6) is 0 Å². The maximum atomic E-state index is 12.5. The highest BCUT2D eigenvalue weighted by Gasteiger charge is 2.47. The summed E-state index contributed by atoms with van der Waals surface area (Å²) in [7, 11) is 0. The van der Waals surface area contributed by atoms with Crippen molar-refractivity contribution in [3.8, 4) is 0 Å². The third-order valence-electron chi connectivity index (χ3n) is 5.53. The van der Waals surface area contributed by atoms with E-state index in [-0.39, 0.29) is 29.5 Å². The summed E-state index contributed by atoms with van der Waals surface area (Å²) < 4.78 is 0. The smallest absolute Gasteiger partial charge is 0.335 e. The van der Waals surface area contributed by atoms with Crippen LogP contribution in [-0.2, 0) is 4.79 Å². The number of aromatic nitrogens is 2. The summed E-state index contributed by atoms with van der Waals surface area (Å²) in [4.78, 5) is 34.4. The van der Waals surface area contributed by atoms with Gasteiger partial charge in [-0.1, -0.05) is 6.92 Å². The van der Waals surface area contributed by atoms with Gasteiger partial charge in [0, 0.05) is 37.0 Å². The number of hydrogen-bond donors (Lipinski definition) is 2. The van der Waals surface area contributed by atoms with E-state index >= 15 is 0 Å². The average Bonchev–Trinajstić information content (AvgIpc) is 3.48. The zero-order valence-electron chi connectivity index (χ0n) is 15.3. The molecule has 1 saturated carbocycles. The van der Waals surface area contributed by atoms with Crippen molar-refractivity contribution in [2.45, 2.75) is 38.8 Å². The van der Waals surface area contributed by atoms with Crippen molar-refractivity contribution in [2.75, 3.05) is 10.2 Å². The Morgan fingerprint density at radius 3 is 2.52 bits per heavy atom. The van der Waals surface area contributed by atoms with Crippen molar-refractivity contribution < 1.29 is 14.7 Å². The van der Waals surface area contributed by atoms with E-state index in [1.807, 2.05) is 4.90 Å². The Hall–Kier alpha value is -2.96. The Morgan fingerprint density at radius 2 is 1.93 bits per heavy atom. The topological polar surface area (TPSA) is 95.4 Å². The molecule has 4 rings (SSSR count). The molecule has 2 aromatic rings. The normalized spacial score (nSPS) is 24.2. The van der Waals surface area contributed by atoms with Crippen molar-refractivity contribution >= 4 is 23.5 Å². The van der Waals surface area contributed by atoms with Crippen LogP contribution in [-0.4, -0.2) is 33.0 Å². The second kappa shape index (κ2) is 6.64. The fourth-order valence-corrected chi connectivity index (χ4v) is 4.21. The Labute approximate surface area is 157 Å². The first-order chi connectivity index (χ1) is 13.0. The molecule has 3 atom stereocenters. The van der Waals surface area contributed by atoms with Gasteiger partial charge < -0.3 is 15.3 Å². The van der Waals surface area contributed by atoms with Gasteiger partial charge >= 0.3 is 5.97 Å². The van der Waals surface area contributed by atoms with Crippen LogP contribution >= 0.6 is 0 Å². The molecular weight excluding hydrogens is 344 g/mol. The maximum Gasteiger partial charge on any atom is 0.335 e. The summed E-state index contributed by atoms with van der Waals surface area (Å²) in [6.45, 7) is 3.68. The highest BCUT2D eigenvalue weighted by atomic mass is 16.4. The fourth-order valence-electron chi connectivity index (χ4n) is 4.21. The minimum atomic E-state index is -0.987. The van der Waals surface area contributed by atoms with Gasteiger partial charge in [-0.15, -0.1) is 0 Å². The maximum absolute atomic E-state index is 12.5. The van der Waals surface area contributed by atoms with Gasteiger partial charge in [-0.2, -0.15) is 0 Å². The second-order valence-electron chi connectivity index (χ2n) is 7.35. The van der Waals surface area contributed by atoms with Gasteiger partial charge in [-0.25, -0.2) is 14.8 Å². The quantitative estimate of drug-likeness (QED) is 0.863. The Bertz CT molecular complexity index is 882. The van der Waals surface area contributed by atoms with E-state index in [0.29, 0.717) is 11.9 Å². The van der Waals surface area contributed by atoms with Crippen molar-refractivity contribution in [1.82, 2.24) is 9.97 Å². The standard InChI is InChI=1S/C20H22N4O3/c1-11-17(23-20-21-8-3-9-22-20)15-10-14(19(26)27)6-7-16(15)24(12(2)25)18(11)13-4-5-13/h3,6-11,13,17-18H,4-5H2,1-2H3,(H,26,27)(H,21,22,23)/t11-,17?,18-/m1/s1. The fraction of sp³-hybridized carbons (Fsp3) is 0.400. The monoisotopic (exact) mass is 366 g/mol. The molecule has 1 aromatic carbocycles. The van der Waals surface area contributed by atoms with Gasteiger partial charge in [-0.05, 0) is 48.6 Å². The molecule has 2 N–H and O–H groups in total. The minimum Gasteiger partial charge on any atom is -0.478 e. The van der Waals surface area contributed by atoms with Crippen molar-refractivity contribution in [3.05, 3.63) is 47.8 Å². The molecule has 0 saturated heterocycles. The third-order valence-corrected chi connectivity index (χ3v) is 5.53. The molecule has 1 amide bonds. The molecule has 2 heterocycles. The van der Waals surface area contributed by atoms with Gasteiger partial charge in [0.25, 0.3) is 0 Å². The van der Waals surface area contributed by atoms with E-state index in [1.165, 1.54) is 0 Å². The van der Waals surface area contributed by atoms with Crippen LogP contribution in [0.25, 0.3) is 0 Å². The molecule has 1 aromatic heterocycles. The first-order valence-electron chi connectivity index (χ1n) is 9.18. The molecule has 7 heteroatoms. The lowest BCUT2D eigenvalue weighted by Crippen LogP contribution is -2.51. The first kappa shape index (κ1) is 17.5. The van der Waals surface area contributed by atoms with Gasteiger partial charge in [-0.3, -0.25) is 4.79 Å². The average molecular weight is 366 g/mol. The van der Waals surface area contributed by atoms with Crippen LogP contribution in [0.15, 0.2) is 36.7 Å². The SMILES string of the molecule is CC(=O)N1c2ccc(C(=O)O)cc2C(Nc2ncccn2)[C@@H](C)[C@@H]1C1CC1. The van der Waals surface area contributed by atoms with Gasteiger partial charge in [0.05, 0.1) is 11.6 Å². The number of carbonyl (C=O) groups is 2. The summed E-state index contributed by atoms with van der Waals surface area (Å²) in [6.07, 6.45) is 5.54. The molecule has 7 nitrogen and oxygen atoms in total. The number of benzene rings is 1. The van der Waals surface area contributed by atoms with Crippen LogP contribution in [0.2, 0.25) is 0 Å². The van der Waals surface area contributed by atoms with E-state index < -0.39 is 5.97 Å². The van der Waals surface area contributed by atoms with E-state index in [9.17, 15) is 14.7 Å². The zero-order chi connectivity index (χ0) is 19.1. The molecule has 0 spiro atoms. The highest BCUT2D eigenvalue weighted by molar-refractivity contribution is 5.96. The number of anilines is 2. The van der Waals surface area contributed by atoms with Crippen molar-refractivity contribution in [1.29, 1.82) is 0 Å². The predicted octanol–water partition coefficient (Wildman–Crippen LogP) is 3.11. The molecule has 1 aliphatic carbocycles. The van der Waals surface area contributed by atoms with Crippen LogP contribution in [0.4, 0.5) is 11.6 Å². The molecular formula is C20H22N4O3. The van der Waals surface area contributed by atoms with E-state index in [4.69, 9.17) is 0 Å². The number of aromatic carboxylic acids is 1. The molecule has 1 unspecified atom stereocenters. The number of carbonyl (C=O) groups excluding carboxylic acids is 1. The van der Waals surface area contributed by atoms with Crippen LogP contribution < -0.4 is 10.2 Å². The van der Waals surface area contributed by atoms with Crippen LogP contribution in [0, 0.1) is 11.8 Å². The predicted molar refractivity (Wildman–Crippen MR) is 101 cm³/mol. The zero-order valence-corrected chi connectivity index (χ0v) is 15.3. The van der Waals surface area contributed by atoms with Crippen LogP contribution in [0.1, 0.15) is 48.7 Å². The molecule has 0 radical (unpaired) electrons. The number of hydrogen-bond acceptors (Lipinski definition) is 5. The first-order valence-corrected chi connectivity index (χ1v) is 9.18. The Kier molecular flexibility index (Phi) is 4.30. The number of nitrogens with one attached hydrogen (secondary N) is 1. The lowest BCUT2D eigenvalue weighted by atomic mass is 9.79. The lowest BCUT2D eigenvalue weighted by molar-refractivity contribution is -0.117. The lowest BCUT2D eigenvalue weighted by Gasteiger charge is -2.45. The summed E-state index contributed by atoms with van der Waals surface area (Å²) >= 11 is 0. The molecule has 140 valence electrons. The van der Waals surface area contributed by atoms with Crippen molar-refractivity contribution in [2.24, 2.45) is 11.8 Å². The largest absolute Gasteiger partial charge is 0.478 e. The number of rotatable bonds is 4. The molecule has 1 fully saturated rings. The van der Waals surface area contributed by atoms with Crippen molar-refractivity contribution in [3.63, 3.8) is 0 Å². The third kappa shape index (κ3) is 3.13. The van der Waals surface area contributed by atoms with E-state index in [2.05, 4.69) is 22.2 Å². The summed E-state index contributed by atoms with van der Waals surface area (Å²) in [5.74, 6) is 0.0436. The van der Waals surface area contributed by atoms with E-state index in [0.717, 1.165) is 24.1 Å². The molecule has 2 aliphatic rings. The second-order valence-corrected chi connectivity index (χ2v) is 7.35. The Balaban J connectivity index is 1.84. The van der Waals surface area contributed by atoms with Gasteiger partial charge in [0.1, 0.15) is 0 Å². The number of carboxylic acids is 1. The Morgan fingerprint density at radius 1 is 1.22 bits per heavy atom. The summed E-state index contributed by atoms with van der Waals surface area (Å²) in [6, 6.07) is 6.62. The van der Waals surface area contributed by atoms with Gasteiger partial charge in [0.15, 0.2) is 0 Å². The van der Waals surface area contributed by atoms with Crippen LogP contribution in [0.3, 0.4) is 0 Å². The molecule has 27 heavy (non-hydrogen) atoms. The highest BCUT2D eigenvalue weighted by Crippen LogP contribution is 2.50. The van der Waals surface area contributed by atoms with E-state index in [1.54, 1.807) is 43.6 Å². The molecule has 1 aliphatic heterocycles. The van der Waals surface area contributed by atoms with Gasteiger partial charge in [0.2, 0.25) is 11.9 Å². The number of fused-ring (bicyclic) bond motifs is 1. The summed E-state index contributed by atoms with van der Waals surface area (Å²) in [5, 5.41) is 12.8. The molecule has 0 bridgehead atoms. The summed E-state index contributed by atoms with van der Waals surface area (Å²) in [5.41, 5.74) is 1.77. The number of amides is 1. The number of carboxylic acid groups (broad SMARTS) is 1.